The highest BCUT2D eigenvalue weighted by atomic mass is 19.4. The van der Waals surface area contributed by atoms with E-state index in [2.05, 4.69) is 0 Å². The van der Waals surface area contributed by atoms with Gasteiger partial charge >= 0.3 is 12.1 Å². The molecule has 2 heterocycles. The van der Waals surface area contributed by atoms with E-state index in [0.29, 0.717) is 12.8 Å². The van der Waals surface area contributed by atoms with E-state index in [9.17, 15) is 18.0 Å². The lowest BCUT2D eigenvalue weighted by Crippen LogP contribution is -2.51. The first-order valence-corrected chi connectivity index (χ1v) is 7.98. The molecule has 0 unspecified atom stereocenters. The van der Waals surface area contributed by atoms with Crippen LogP contribution in [0, 0.1) is 0 Å². The summed E-state index contributed by atoms with van der Waals surface area (Å²) >= 11 is 0. The van der Waals surface area contributed by atoms with Gasteiger partial charge in [0.05, 0.1) is 12.5 Å². The molecule has 126 valence electrons. The molecule has 6 heteroatoms. The lowest BCUT2D eigenvalue weighted by atomic mass is 9.87. The van der Waals surface area contributed by atoms with Gasteiger partial charge in [-0.2, -0.15) is 13.2 Å². The summed E-state index contributed by atoms with van der Waals surface area (Å²) in [6, 6.07) is 7.42. The molecule has 0 spiro atoms. The number of hydrogen-bond acceptors (Lipinski definition) is 2. The number of likely N-dealkylation sites (tertiary alicyclic amines) is 1. The zero-order valence-electron chi connectivity index (χ0n) is 12.8. The largest absolute Gasteiger partial charge is 0.472 e. The summed E-state index contributed by atoms with van der Waals surface area (Å²) in [6.45, 7) is 0.183. The van der Waals surface area contributed by atoms with Gasteiger partial charge in [-0.3, -0.25) is 4.79 Å². The number of furan rings is 1. The van der Waals surface area contributed by atoms with Gasteiger partial charge < -0.3 is 9.32 Å². The highest BCUT2D eigenvalue weighted by Gasteiger charge is 2.49. The summed E-state index contributed by atoms with van der Waals surface area (Å²) in [7, 11) is 0. The normalized spacial score (nSPS) is 23.0. The van der Waals surface area contributed by atoms with Crippen LogP contribution in [0.1, 0.15) is 29.9 Å². The van der Waals surface area contributed by atoms with Crippen LogP contribution in [-0.2, 0) is 11.2 Å². The predicted molar refractivity (Wildman–Crippen MR) is 81.4 cm³/mol. The second-order valence-electron chi connectivity index (χ2n) is 6.44. The average molecular weight is 335 g/mol. The van der Waals surface area contributed by atoms with Gasteiger partial charge in [0.2, 0.25) is 0 Å². The van der Waals surface area contributed by atoms with E-state index in [4.69, 9.17) is 4.42 Å². The Bertz CT molecular complexity index is 767. The lowest BCUT2D eigenvalue weighted by Gasteiger charge is -2.38. The summed E-state index contributed by atoms with van der Waals surface area (Å²) in [6.07, 6.45) is 0.336. The molecule has 2 aromatic rings. The summed E-state index contributed by atoms with van der Waals surface area (Å²) in [4.78, 5) is 12.8. The third-order valence-electron chi connectivity index (χ3n) is 5.11. The fourth-order valence-corrected chi connectivity index (χ4v) is 4.05. The number of rotatable bonds is 1. The number of hydrogen-bond donors (Lipinski definition) is 0. The highest BCUT2D eigenvalue weighted by molar-refractivity contribution is 5.82. The Morgan fingerprint density at radius 2 is 2.04 bits per heavy atom. The van der Waals surface area contributed by atoms with E-state index in [1.54, 1.807) is 12.5 Å². The van der Waals surface area contributed by atoms with E-state index >= 15 is 0 Å². The monoisotopic (exact) mass is 335 g/mol. The Morgan fingerprint density at radius 3 is 2.75 bits per heavy atom. The van der Waals surface area contributed by atoms with Crippen molar-refractivity contribution in [2.75, 3.05) is 6.54 Å². The maximum atomic E-state index is 12.9. The number of nitrogens with zero attached hydrogens (tertiary/aromatic N) is 1. The molecule has 0 N–H and O–H groups in total. The molecule has 2 atom stereocenters. The van der Waals surface area contributed by atoms with E-state index in [1.807, 2.05) is 24.3 Å². The van der Waals surface area contributed by atoms with Crippen molar-refractivity contribution < 1.29 is 22.4 Å². The Labute approximate surface area is 137 Å². The van der Waals surface area contributed by atoms with Crippen LogP contribution in [0.2, 0.25) is 0 Å². The molecule has 1 aromatic carbocycles. The van der Waals surface area contributed by atoms with Crippen LogP contribution in [0.25, 0.3) is 11.1 Å². The maximum absolute atomic E-state index is 12.9. The molecule has 0 saturated carbocycles. The van der Waals surface area contributed by atoms with Crippen molar-refractivity contribution in [1.29, 1.82) is 0 Å². The molecule has 3 nitrogen and oxygen atoms in total. The minimum Gasteiger partial charge on any atom is -0.472 e. The maximum Gasteiger partial charge on any atom is 0.471 e. The molecular weight excluding hydrogens is 319 g/mol. The molecule has 24 heavy (non-hydrogen) atoms. The minimum atomic E-state index is -4.81. The third-order valence-corrected chi connectivity index (χ3v) is 5.11. The quantitative estimate of drug-likeness (QED) is 0.785. The second kappa shape index (κ2) is 5.40. The molecule has 1 aliphatic heterocycles. The van der Waals surface area contributed by atoms with Crippen LogP contribution in [0.5, 0.6) is 0 Å². The predicted octanol–water partition coefficient (Wildman–Crippen LogP) is 4.14. The molecular formula is C18H16F3NO2. The van der Waals surface area contributed by atoms with Crippen molar-refractivity contribution in [1.82, 2.24) is 4.90 Å². The summed E-state index contributed by atoms with van der Waals surface area (Å²) in [5.41, 5.74) is 4.04. The summed E-state index contributed by atoms with van der Waals surface area (Å²) < 4.78 is 43.7. The third kappa shape index (κ3) is 2.41. The molecule has 1 amide bonds. The Hall–Kier alpha value is -2.24. The number of halogens is 3. The van der Waals surface area contributed by atoms with Crippen molar-refractivity contribution in [3.05, 3.63) is 47.9 Å². The van der Waals surface area contributed by atoms with Crippen molar-refractivity contribution in [2.45, 2.75) is 37.4 Å². The van der Waals surface area contributed by atoms with Crippen LogP contribution in [0.3, 0.4) is 0 Å². The molecule has 4 rings (SSSR count). The molecule has 1 saturated heterocycles. The van der Waals surface area contributed by atoms with Gasteiger partial charge in [0.25, 0.3) is 0 Å². The van der Waals surface area contributed by atoms with Crippen molar-refractivity contribution in [3.63, 3.8) is 0 Å². The van der Waals surface area contributed by atoms with Crippen LogP contribution in [0.4, 0.5) is 13.2 Å². The number of fused-ring (bicyclic) bond motifs is 3. The standard InChI is InChI=1S/C18H16F3NO2/c19-18(20,21)17(23)22-6-1-2-14-15-8-11(13-5-7-24-10-13)3-4-12(15)9-16(14)22/h3-5,7-8,10,14,16H,1-2,6,9H2/t14-,16+/m1/s1. The van der Waals surface area contributed by atoms with Gasteiger partial charge in [0.15, 0.2) is 0 Å². The van der Waals surface area contributed by atoms with E-state index in [-0.39, 0.29) is 18.5 Å². The van der Waals surface area contributed by atoms with Gasteiger partial charge in [-0.15, -0.1) is 0 Å². The highest BCUT2D eigenvalue weighted by Crippen LogP contribution is 2.44. The number of alkyl halides is 3. The smallest absolute Gasteiger partial charge is 0.471 e. The number of piperidine rings is 1. The van der Waals surface area contributed by atoms with Crippen LogP contribution in [-0.4, -0.2) is 29.6 Å². The number of carbonyl (C=O) groups is 1. The van der Waals surface area contributed by atoms with Gasteiger partial charge in [-0.1, -0.05) is 18.2 Å². The topological polar surface area (TPSA) is 33.5 Å². The Balaban J connectivity index is 1.67. The zero-order chi connectivity index (χ0) is 16.9. The zero-order valence-corrected chi connectivity index (χ0v) is 12.8. The van der Waals surface area contributed by atoms with Gasteiger partial charge in [0, 0.05) is 24.1 Å². The second-order valence-corrected chi connectivity index (χ2v) is 6.44. The number of benzene rings is 1. The Morgan fingerprint density at radius 1 is 1.21 bits per heavy atom. The van der Waals surface area contributed by atoms with Gasteiger partial charge in [-0.05, 0) is 42.0 Å². The van der Waals surface area contributed by atoms with Crippen LogP contribution < -0.4 is 0 Å². The molecule has 0 bridgehead atoms. The SMILES string of the molecule is O=C(N1CCC[C@@H]2c3cc(-c4ccoc4)ccc3C[C@@H]21)C(F)(F)F. The molecule has 1 aliphatic carbocycles. The summed E-state index contributed by atoms with van der Waals surface area (Å²) in [5.74, 6) is -1.73. The fraction of sp³-hybridized carbons (Fsp3) is 0.389. The Kier molecular flexibility index (Phi) is 3.44. The number of carbonyl (C=O) groups excluding carboxylic acids is 1. The van der Waals surface area contributed by atoms with Crippen molar-refractivity contribution >= 4 is 5.91 Å². The van der Waals surface area contributed by atoms with Gasteiger partial charge in [0.1, 0.15) is 0 Å². The first-order valence-electron chi connectivity index (χ1n) is 7.98. The molecule has 1 fully saturated rings. The van der Waals surface area contributed by atoms with E-state index in [1.165, 1.54) is 0 Å². The molecule has 2 aliphatic rings. The van der Waals surface area contributed by atoms with Crippen LogP contribution >= 0.6 is 0 Å². The average Bonchev–Trinajstić information content (AvgIpc) is 3.20. The van der Waals surface area contributed by atoms with Crippen molar-refractivity contribution in [2.24, 2.45) is 0 Å². The first kappa shape index (κ1) is 15.3. The number of amides is 1. The molecule has 1 aromatic heterocycles. The summed E-state index contributed by atoms with van der Waals surface area (Å²) in [5, 5.41) is 0. The lowest BCUT2D eigenvalue weighted by molar-refractivity contribution is -0.189. The van der Waals surface area contributed by atoms with E-state index < -0.39 is 12.1 Å². The minimum absolute atomic E-state index is 0.0214. The van der Waals surface area contributed by atoms with Gasteiger partial charge in [-0.25, -0.2) is 0 Å². The van der Waals surface area contributed by atoms with Crippen LogP contribution in [0.15, 0.2) is 41.2 Å². The van der Waals surface area contributed by atoms with Crippen molar-refractivity contribution in [3.8, 4) is 11.1 Å². The van der Waals surface area contributed by atoms with E-state index in [0.717, 1.165) is 33.6 Å². The first-order chi connectivity index (χ1) is 11.4. The molecule has 0 radical (unpaired) electrons. The fourth-order valence-electron chi connectivity index (χ4n) is 4.05.